The number of aliphatic hydroxyl groups is 1. The highest BCUT2D eigenvalue weighted by Crippen LogP contribution is 2.18. The lowest BCUT2D eigenvalue weighted by Crippen LogP contribution is -2.02. The van der Waals surface area contributed by atoms with Gasteiger partial charge in [0.15, 0.2) is 0 Å². The number of hydrogen-bond donors (Lipinski definition) is 1. The Morgan fingerprint density at radius 2 is 1.93 bits per heavy atom. The molecule has 0 aliphatic rings. The van der Waals surface area contributed by atoms with Crippen molar-refractivity contribution < 1.29 is 5.11 Å². The number of aromatic nitrogens is 2. The Morgan fingerprint density at radius 3 is 2.47 bits per heavy atom. The standard InChI is InChI=1S/C12H20N2O/c1-9(2)5-4-6-12(15)11-8-13-10(3)7-14-11/h7-9,12,15H,4-6H2,1-3H3. The zero-order valence-corrected chi connectivity index (χ0v) is 9.77. The highest BCUT2D eigenvalue weighted by molar-refractivity contribution is 5.03. The van der Waals surface area contributed by atoms with Gasteiger partial charge in [-0.3, -0.25) is 9.97 Å². The molecule has 0 aromatic carbocycles. The van der Waals surface area contributed by atoms with Crippen molar-refractivity contribution in [3.8, 4) is 0 Å². The van der Waals surface area contributed by atoms with E-state index in [4.69, 9.17) is 0 Å². The van der Waals surface area contributed by atoms with Gasteiger partial charge in [0.25, 0.3) is 0 Å². The Hall–Kier alpha value is -0.960. The first-order valence-electron chi connectivity index (χ1n) is 5.56. The van der Waals surface area contributed by atoms with Gasteiger partial charge in [-0.1, -0.05) is 26.7 Å². The monoisotopic (exact) mass is 208 g/mol. The van der Waals surface area contributed by atoms with Crippen LogP contribution in [0.5, 0.6) is 0 Å². The quantitative estimate of drug-likeness (QED) is 0.809. The molecular formula is C12H20N2O. The van der Waals surface area contributed by atoms with E-state index in [0.29, 0.717) is 11.6 Å². The minimum atomic E-state index is -0.461. The molecule has 1 N–H and O–H groups in total. The van der Waals surface area contributed by atoms with Crippen LogP contribution in [0.1, 0.15) is 50.6 Å². The molecular weight excluding hydrogens is 188 g/mol. The second-order valence-electron chi connectivity index (χ2n) is 4.42. The number of hydrogen-bond acceptors (Lipinski definition) is 3. The van der Waals surface area contributed by atoms with Crippen molar-refractivity contribution in [2.75, 3.05) is 0 Å². The molecule has 0 spiro atoms. The van der Waals surface area contributed by atoms with Crippen LogP contribution in [0.25, 0.3) is 0 Å². The molecule has 0 aliphatic heterocycles. The predicted molar refractivity (Wildman–Crippen MR) is 60.4 cm³/mol. The molecule has 84 valence electrons. The van der Waals surface area contributed by atoms with E-state index in [1.807, 2.05) is 6.92 Å². The summed E-state index contributed by atoms with van der Waals surface area (Å²) >= 11 is 0. The van der Waals surface area contributed by atoms with Gasteiger partial charge in [0.1, 0.15) is 0 Å². The van der Waals surface area contributed by atoms with E-state index in [0.717, 1.165) is 25.0 Å². The molecule has 0 fully saturated rings. The largest absolute Gasteiger partial charge is 0.387 e. The Labute approximate surface area is 91.6 Å². The van der Waals surface area contributed by atoms with Crippen molar-refractivity contribution in [1.82, 2.24) is 9.97 Å². The second kappa shape index (κ2) is 5.81. The van der Waals surface area contributed by atoms with Gasteiger partial charge in [0, 0.05) is 6.20 Å². The molecule has 0 saturated heterocycles. The highest BCUT2D eigenvalue weighted by Gasteiger charge is 2.09. The number of aliphatic hydroxyl groups excluding tert-OH is 1. The number of nitrogens with zero attached hydrogens (tertiary/aromatic N) is 2. The van der Waals surface area contributed by atoms with Crippen LogP contribution < -0.4 is 0 Å². The summed E-state index contributed by atoms with van der Waals surface area (Å²) in [5.74, 6) is 0.696. The fourth-order valence-corrected chi connectivity index (χ4v) is 1.44. The lowest BCUT2D eigenvalue weighted by Gasteiger charge is -2.10. The average molecular weight is 208 g/mol. The van der Waals surface area contributed by atoms with Crippen LogP contribution in [0.4, 0.5) is 0 Å². The van der Waals surface area contributed by atoms with Crippen molar-refractivity contribution in [3.05, 3.63) is 23.8 Å². The minimum absolute atomic E-state index is 0.461. The van der Waals surface area contributed by atoms with Crippen molar-refractivity contribution in [3.63, 3.8) is 0 Å². The van der Waals surface area contributed by atoms with Crippen LogP contribution in [-0.4, -0.2) is 15.1 Å². The third-order valence-corrected chi connectivity index (χ3v) is 2.40. The van der Waals surface area contributed by atoms with Crippen molar-refractivity contribution in [2.24, 2.45) is 5.92 Å². The van der Waals surface area contributed by atoms with Gasteiger partial charge >= 0.3 is 0 Å². The van der Waals surface area contributed by atoms with Gasteiger partial charge < -0.3 is 5.11 Å². The van der Waals surface area contributed by atoms with E-state index in [9.17, 15) is 5.11 Å². The van der Waals surface area contributed by atoms with Crippen molar-refractivity contribution in [1.29, 1.82) is 0 Å². The molecule has 3 heteroatoms. The van der Waals surface area contributed by atoms with Gasteiger partial charge in [-0.2, -0.15) is 0 Å². The summed E-state index contributed by atoms with van der Waals surface area (Å²) in [7, 11) is 0. The molecule has 0 saturated carbocycles. The van der Waals surface area contributed by atoms with Crippen LogP contribution in [0, 0.1) is 12.8 Å². The summed E-state index contributed by atoms with van der Waals surface area (Å²) in [5, 5.41) is 9.82. The molecule has 1 heterocycles. The van der Waals surface area contributed by atoms with Crippen molar-refractivity contribution >= 4 is 0 Å². The Morgan fingerprint density at radius 1 is 1.20 bits per heavy atom. The summed E-state index contributed by atoms with van der Waals surface area (Å²) in [5.41, 5.74) is 1.57. The molecule has 0 bridgehead atoms. The van der Waals surface area contributed by atoms with E-state index in [2.05, 4.69) is 23.8 Å². The van der Waals surface area contributed by atoms with Crippen LogP contribution in [-0.2, 0) is 0 Å². The molecule has 1 aromatic heterocycles. The lowest BCUT2D eigenvalue weighted by atomic mass is 10.0. The topological polar surface area (TPSA) is 46.0 Å². The molecule has 0 amide bonds. The Kier molecular flexibility index (Phi) is 4.69. The van der Waals surface area contributed by atoms with Crippen LogP contribution in [0.15, 0.2) is 12.4 Å². The molecule has 1 atom stereocenters. The fraction of sp³-hybridized carbons (Fsp3) is 0.667. The van der Waals surface area contributed by atoms with Gasteiger partial charge in [-0.25, -0.2) is 0 Å². The molecule has 1 rings (SSSR count). The van der Waals surface area contributed by atoms with Gasteiger partial charge in [-0.15, -0.1) is 0 Å². The van der Waals surface area contributed by atoms with Crippen LogP contribution in [0.2, 0.25) is 0 Å². The molecule has 0 radical (unpaired) electrons. The zero-order chi connectivity index (χ0) is 11.3. The van der Waals surface area contributed by atoms with Crippen molar-refractivity contribution in [2.45, 2.75) is 46.1 Å². The zero-order valence-electron chi connectivity index (χ0n) is 9.77. The van der Waals surface area contributed by atoms with E-state index in [1.54, 1.807) is 12.4 Å². The first-order chi connectivity index (χ1) is 7.09. The highest BCUT2D eigenvalue weighted by atomic mass is 16.3. The summed E-state index contributed by atoms with van der Waals surface area (Å²) in [4.78, 5) is 8.28. The molecule has 1 unspecified atom stereocenters. The molecule has 0 aliphatic carbocycles. The first kappa shape index (κ1) is 12.1. The Bertz CT molecular complexity index is 282. The third kappa shape index (κ3) is 4.38. The second-order valence-corrected chi connectivity index (χ2v) is 4.42. The number of aryl methyl sites for hydroxylation is 1. The smallest absolute Gasteiger partial charge is 0.0975 e. The molecule has 3 nitrogen and oxygen atoms in total. The van der Waals surface area contributed by atoms with Gasteiger partial charge in [0.05, 0.1) is 23.7 Å². The van der Waals surface area contributed by atoms with Crippen LogP contribution in [0.3, 0.4) is 0 Å². The Balaban J connectivity index is 2.40. The summed E-state index contributed by atoms with van der Waals surface area (Å²) in [6, 6.07) is 0. The van der Waals surface area contributed by atoms with E-state index in [-0.39, 0.29) is 0 Å². The van der Waals surface area contributed by atoms with E-state index in [1.165, 1.54) is 0 Å². The van der Waals surface area contributed by atoms with Crippen LogP contribution >= 0.6 is 0 Å². The maximum Gasteiger partial charge on any atom is 0.0975 e. The normalized spacial score (nSPS) is 13.1. The van der Waals surface area contributed by atoms with E-state index < -0.39 is 6.10 Å². The third-order valence-electron chi connectivity index (χ3n) is 2.40. The minimum Gasteiger partial charge on any atom is -0.387 e. The maximum atomic E-state index is 9.82. The van der Waals surface area contributed by atoms with Gasteiger partial charge in [-0.05, 0) is 19.3 Å². The summed E-state index contributed by atoms with van der Waals surface area (Å²) in [6.07, 6.45) is 5.86. The van der Waals surface area contributed by atoms with E-state index >= 15 is 0 Å². The summed E-state index contributed by atoms with van der Waals surface area (Å²) in [6.45, 7) is 6.28. The number of rotatable bonds is 5. The molecule has 1 aromatic rings. The first-order valence-corrected chi connectivity index (χ1v) is 5.56. The molecule has 15 heavy (non-hydrogen) atoms. The summed E-state index contributed by atoms with van der Waals surface area (Å²) < 4.78 is 0. The van der Waals surface area contributed by atoms with Gasteiger partial charge in [0.2, 0.25) is 0 Å². The lowest BCUT2D eigenvalue weighted by molar-refractivity contribution is 0.157. The average Bonchev–Trinajstić information content (AvgIpc) is 2.18. The SMILES string of the molecule is Cc1cnc(C(O)CCCC(C)C)cn1. The predicted octanol–water partition coefficient (Wildman–Crippen LogP) is 2.64. The fourth-order valence-electron chi connectivity index (χ4n) is 1.44. The maximum absolute atomic E-state index is 9.82.